The molecular formula is C28H28FNO5. The zero-order chi connectivity index (χ0) is 25.2. The van der Waals surface area contributed by atoms with Crippen LogP contribution in [0, 0.1) is 5.82 Å². The number of alkyl carbamates (subject to hydrolysis) is 1. The Morgan fingerprint density at radius 3 is 2.14 bits per heavy atom. The summed E-state index contributed by atoms with van der Waals surface area (Å²) in [6, 6.07) is 18.9. The summed E-state index contributed by atoms with van der Waals surface area (Å²) in [5, 5.41) is 12.0. The highest BCUT2D eigenvalue weighted by Gasteiger charge is 2.30. The molecular weight excluding hydrogens is 449 g/mol. The van der Waals surface area contributed by atoms with E-state index in [1.54, 1.807) is 26.8 Å². The van der Waals surface area contributed by atoms with E-state index in [0.29, 0.717) is 5.56 Å². The maximum Gasteiger partial charge on any atom is 0.407 e. The molecule has 0 radical (unpaired) electrons. The zero-order valence-electron chi connectivity index (χ0n) is 19.9. The SMILES string of the molecule is CC(C)(C)Oc1ccc(CC(NC(=O)OCC2c3ccccc3-c3ccccc32)C(=O)O)cc1F. The number of carboxylic acid groups (broad SMARTS) is 1. The molecule has 1 aliphatic carbocycles. The van der Waals surface area contributed by atoms with Crippen molar-refractivity contribution in [1.82, 2.24) is 5.32 Å². The fourth-order valence-corrected chi connectivity index (χ4v) is 4.30. The van der Waals surface area contributed by atoms with Crippen molar-refractivity contribution in [3.63, 3.8) is 0 Å². The van der Waals surface area contributed by atoms with Crippen LogP contribution in [0.2, 0.25) is 0 Å². The van der Waals surface area contributed by atoms with E-state index < -0.39 is 29.5 Å². The van der Waals surface area contributed by atoms with Crippen LogP contribution < -0.4 is 10.1 Å². The molecule has 4 rings (SSSR count). The fourth-order valence-electron chi connectivity index (χ4n) is 4.30. The number of fused-ring (bicyclic) bond motifs is 3. The van der Waals surface area contributed by atoms with Crippen LogP contribution in [-0.4, -0.2) is 35.4 Å². The van der Waals surface area contributed by atoms with Crippen molar-refractivity contribution in [3.05, 3.63) is 89.2 Å². The number of hydrogen-bond acceptors (Lipinski definition) is 4. The number of amides is 1. The first kappa shape index (κ1) is 24.3. The third kappa shape index (κ3) is 5.62. The molecule has 0 aliphatic heterocycles. The van der Waals surface area contributed by atoms with Gasteiger partial charge in [-0.15, -0.1) is 0 Å². The number of hydrogen-bond donors (Lipinski definition) is 2. The predicted octanol–water partition coefficient (Wildman–Crippen LogP) is 5.54. The number of carbonyl (C=O) groups is 2. The molecule has 0 saturated carbocycles. The Morgan fingerprint density at radius 1 is 1.00 bits per heavy atom. The number of carboxylic acids is 1. The van der Waals surface area contributed by atoms with Gasteiger partial charge in [0.15, 0.2) is 11.6 Å². The van der Waals surface area contributed by atoms with Crippen molar-refractivity contribution in [2.24, 2.45) is 0 Å². The number of aliphatic carboxylic acids is 1. The summed E-state index contributed by atoms with van der Waals surface area (Å²) in [6.45, 7) is 5.48. The highest BCUT2D eigenvalue weighted by Crippen LogP contribution is 2.44. The van der Waals surface area contributed by atoms with Crippen molar-refractivity contribution in [2.75, 3.05) is 6.61 Å². The molecule has 182 valence electrons. The third-order valence-electron chi connectivity index (χ3n) is 5.79. The van der Waals surface area contributed by atoms with Crippen LogP contribution in [0.5, 0.6) is 5.75 Å². The first-order valence-corrected chi connectivity index (χ1v) is 11.4. The van der Waals surface area contributed by atoms with Gasteiger partial charge in [-0.05, 0) is 60.7 Å². The average molecular weight is 478 g/mol. The van der Waals surface area contributed by atoms with Gasteiger partial charge in [0, 0.05) is 12.3 Å². The summed E-state index contributed by atoms with van der Waals surface area (Å²) >= 11 is 0. The number of carbonyl (C=O) groups excluding carboxylic acids is 1. The lowest BCUT2D eigenvalue weighted by molar-refractivity contribution is -0.139. The number of benzene rings is 3. The van der Waals surface area contributed by atoms with Crippen molar-refractivity contribution < 1.29 is 28.6 Å². The second-order valence-electron chi connectivity index (χ2n) is 9.54. The number of nitrogens with one attached hydrogen (secondary N) is 1. The molecule has 0 aromatic heterocycles. The third-order valence-corrected chi connectivity index (χ3v) is 5.79. The van der Waals surface area contributed by atoms with Crippen LogP contribution in [0.25, 0.3) is 11.1 Å². The van der Waals surface area contributed by atoms with Crippen LogP contribution in [0.3, 0.4) is 0 Å². The molecule has 0 spiro atoms. The largest absolute Gasteiger partial charge is 0.485 e. The lowest BCUT2D eigenvalue weighted by Gasteiger charge is -2.22. The topological polar surface area (TPSA) is 84.9 Å². The molecule has 1 aliphatic rings. The second-order valence-corrected chi connectivity index (χ2v) is 9.54. The van der Waals surface area contributed by atoms with E-state index in [4.69, 9.17) is 9.47 Å². The van der Waals surface area contributed by atoms with Gasteiger partial charge in [-0.2, -0.15) is 0 Å². The van der Waals surface area contributed by atoms with Gasteiger partial charge in [-0.1, -0.05) is 54.6 Å². The smallest absolute Gasteiger partial charge is 0.407 e. The lowest BCUT2D eigenvalue weighted by atomic mass is 9.98. The highest BCUT2D eigenvalue weighted by molar-refractivity contribution is 5.81. The molecule has 1 amide bonds. The monoisotopic (exact) mass is 477 g/mol. The molecule has 1 unspecified atom stereocenters. The van der Waals surface area contributed by atoms with Crippen LogP contribution >= 0.6 is 0 Å². The Morgan fingerprint density at radius 2 is 1.60 bits per heavy atom. The van der Waals surface area contributed by atoms with Crippen molar-refractivity contribution in [1.29, 1.82) is 0 Å². The molecule has 7 heteroatoms. The van der Waals surface area contributed by atoms with Gasteiger partial charge in [-0.3, -0.25) is 0 Å². The summed E-state index contributed by atoms with van der Waals surface area (Å²) in [6.07, 6.45) is -0.945. The summed E-state index contributed by atoms with van der Waals surface area (Å²) in [5.41, 5.74) is 4.16. The van der Waals surface area contributed by atoms with Gasteiger partial charge in [0.25, 0.3) is 0 Å². The van der Waals surface area contributed by atoms with Crippen LogP contribution in [-0.2, 0) is 16.0 Å². The Hall–Kier alpha value is -3.87. The van der Waals surface area contributed by atoms with Crippen molar-refractivity contribution >= 4 is 12.1 Å². The van der Waals surface area contributed by atoms with Gasteiger partial charge < -0.3 is 19.9 Å². The van der Waals surface area contributed by atoms with Crippen LogP contribution in [0.1, 0.15) is 43.4 Å². The molecule has 3 aromatic carbocycles. The molecule has 0 fully saturated rings. The van der Waals surface area contributed by atoms with Gasteiger partial charge in [-0.25, -0.2) is 14.0 Å². The molecule has 0 saturated heterocycles. The molecule has 0 heterocycles. The summed E-state index contributed by atoms with van der Waals surface area (Å²) < 4.78 is 25.4. The zero-order valence-corrected chi connectivity index (χ0v) is 19.9. The van der Waals surface area contributed by atoms with Gasteiger partial charge >= 0.3 is 12.1 Å². The first-order chi connectivity index (χ1) is 16.6. The first-order valence-electron chi connectivity index (χ1n) is 11.4. The molecule has 3 aromatic rings. The number of rotatable bonds is 7. The van der Waals surface area contributed by atoms with Gasteiger partial charge in [0.05, 0.1) is 0 Å². The van der Waals surface area contributed by atoms with E-state index in [0.717, 1.165) is 22.3 Å². The van der Waals surface area contributed by atoms with E-state index in [9.17, 15) is 19.1 Å². The van der Waals surface area contributed by atoms with E-state index in [-0.39, 0.29) is 24.7 Å². The Kier molecular flexibility index (Phi) is 6.78. The quantitative estimate of drug-likeness (QED) is 0.467. The Bertz CT molecular complexity index is 1200. The predicted molar refractivity (Wildman–Crippen MR) is 130 cm³/mol. The lowest BCUT2D eigenvalue weighted by Crippen LogP contribution is -2.42. The van der Waals surface area contributed by atoms with E-state index in [2.05, 4.69) is 5.32 Å². The minimum absolute atomic E-state index is 0.0691. The van der Waals surface area contributed by atoms with Crippen LogP contribution in [0.4, 0.5) is 9.18 Å². The number of ether oxygens (including phenoxy) is 2. The molecule has 1 atom stereocenters. The molecule has 2 N–H and O–H groups in total. The summed E-state index contributed by atoms with van der Waals surface area (Å²) in [4.78, 5) is 24.3. The van der Waals surface area contributed by atoms with Gasteiger partial charge in [0.1, 0.15) is 18.2 Å². The summed E-state index contributed by atoms with van der Waals surface area (Å²) in [7, 11) is 0. The maximum absolute atomic E-state index is 14.4. The molecule has 35 heavy (non-hydrogen) atoms. The molecule has 0 bridgehead atoms. The van der Waals surface area contributed by atoms with E-state index in [1.165, 1.54) is 12.1 Å². The van der Waals surface area contributed by atoms with Crippen molar-refractivity contribution in [3.8, 4) is 16.9 Å². The standard InChI is InChI=1S/C28H28FNO5/c1-28(2,3)35-25-13-12-17(14-23(25)29)15-24(26(31)32)30-27(33)34-16-22-20-10-6-4-8-18(20)19-9-5-7-11-21(19)22/h4-14,22,24H,15-16H2,1-3H3,(H,30,33)(H,31,32). The van der Waals surface area contributed by atoms with Gasteiger partial charge in [0.2, 0.25) is 0 Å². The normalized spacial score (nSPS) is 13.5. The van der Waals surface area contributed by atoms with Crippen molar-refractivity contribution in [2.45, 2.75) is 44.8 Å². The Labute approximate surface area is 203 Å². The van der Waals surface area contributed by atoms with Crippen LogP contribution in [0.15, 0.2) is 66.7 Å². The van der Waals surface area contributed by atoms with E-state index in [1.807, 2.05) is 48.5 Å². The fraction of sp³-hybridized carbons (Fsp3) is 0.286. The average Bonchev–Trinajstić information content (AvgIpc) is 3.12. The molecule has 6 nitrogen and oxygen atoms in total. The maximum atomic E-state index is 14.4. The highest BCUT2D eigenvalue weighted by atomic mass is 19.1. The minimum Gasteiger partial charge on any atom is -0.485 e. The van der Waals surface area contributed by atoms with E-state index >= 15 is 0 Å². The minimum atomic E-state index is -1.28. The Balaban J connectivity index is 1.41. The summed E-state index contributed by atoms with van der Waals surface area (Å²) in [5.74, 6) is -1.89. The second kappa shape index (κ2) is 9.78. The number of halogens is 1.